The van der Waals surface area contributed by atoms with E-state index in [0.717, 1.165) is 9.13 Å². The summed E-state index contributed by atoms with van der Waals surface area (Å²) in [6.07, 6.45) is 1.49. The largest absolute Gasteiger partial charge is 0.496 e. The molecule has 236 valence electrons. The number of nitrogens with zero attached hydrogens (tertiary/aromatic N) is 2. The van der Waals surface area contributed by atoms with Gasteiger partial charge in [0.1, 0.15) is 17.1 Å². The quantitative estimate of drug-likeness (QED) is 0.252. The van der Waals surface area contributed by atoms with Crippen LogP contribution < -0.4 is 31.9 Å². The van der Waals surface area contributed by atoms with Crippen molar-refractivity contribution in [2.45, 2.75) is 19.0 Å². The number of aromatic nitrogens is 2. The van der Waals surface area contributed by atoms with Gasteiger partial charge in [-0.1, -0.05) is 53.5 Å². The summed E-state index contributed by atoms with van der Waals surface area (Å²) in [5.74, 6) is -0.979. The molecule has 0 saturated carbocycles. The lowest BCUT2D eigenvalue weighted by atomic mass is 9.97. The number of amides is 2. The topological polar surface area (TPSA) is 123 Å². The lowest BCUT2D eigenvalue weighted by Crippen LogP contribution is -2.40. The maximum atomic E-state index is 15.4. The van der Waals surface area contributed by atoms with E-state index in [1.165, 1.54) is 33.5 Å². The third kappa shape index (κ3) is 6.76. The van der Waals surface area contributed by atoms with Crippen LogP contribution in [0.25, 0.3) is 22.3 Å². The van der Waals surface area contributed by atoms with Crippen molar-refractivity contribution in [2.75, 3.05) is 19.0 Å². The molecule has 0 spiro atoms. The number of nitrogens with one attached hydrogen (secondary N) is 3. The highest BCUT2D eigenvalue weighted by molar-refractivity contribution is 6.39. The van der Waals surface area contributed by atoms with Gasteiger partial charge in [0, 0.05) is 68.1 Å². The number of halogens is 4. The van der Waals surface area contributed by atoms with Gasteiger partial charge < -0.3 is 25.3 Å². The summed E-state index contributed by atoms with van der Waals surface area (Å²) < 4.78 is 22.9. The molecule has 3 aromatic carbocycles. The van der Waals surface area contributed by atoms with Crippen LogP contribution in [0.2, 0.25) is 10.0 Å². The van der Waals surface area contributed by atoms with Crippen molar-refractivity contribution in [1.29, 1.82) is 0 Å². The van der Waals surface area contributed by atoms with E-state index < -0.39 is 23.0 Å². The van der Waals surface area contributed by atoms with Gasteiger partial charge in [-0.2, -0.15) is 0 Å². The minimum atomic E-state index is -0.747. The Labute approximate surface area is 273 Å². The zero-order valence-electron chi connectivity index (χ0n) is 24.4. The van der Waals surface area contributed by atoms with Gasteiger partial charge in [0.2, 0.25) is 5.91 Å². The van der Waals surface area contributed by atoms with E-state index in [-0.39, 0.29) is 52.2 Å². The second kappa shape index (κ2) is 13.9. The molecule has 3 N–H and O–H groups in total. The molecule has 1 atom stereocenters. The molecule has 10 nitrogen and oxygen atoms in total. The molecule has 14 heteroatoms. The van der Waals surface area contributed by atoms with Gasteiger partial charge in [0.15, 0.2) is 0 Å². The minimum Gasteiger partial charge on any atom is -0.496 e. The van der Waals surface area contributed by atoms with Gasteiger partial charge in [-0.15, -0.1) is 12.4 Å². The van der Waals surface area contributed by atoms with Gasteiger partial charge in [-0.25, -0.2) is 9.18 Å². The van der Waals surface area contributed by atoms with Crippen molar-refractivity contribution in [1.82, 2.24) is 19.8 Å². The fourth-order valence-corrected chi connectivity index (χ4v) is 5.68. The zero-order chi connectivity index (χ0) is 31.7. The van der Waals surface area contributed by atoms with Crippen LogP contribution in [-0.2, 0) is 25.4 Å². The number of benzene rings is 3. The van der Waals surface area contributed by atoms with Crippen molar-refractivity contribution in [3.05, 3.63) is 103 Å². The van der Waals surface area contributed by atoms with Gasteiger partial charge in [-0.3, -0.25) is 19.0 Å². The van der Waals surface area contributed by atoms with Crippen molar-refractivity contribution in [3.63, 3.8) is 0 Å². The number of hydrogen-bond donors (Lipinski definition) is 3. The number of hydrogen-bond acceptors (Lipinski definition) is 6. The Bertz CT molecular complexity index is 1930. The molecular formula is C31H29Cl3FN5O5. The number of methoxy groups -OCH3 is 1. The summed E-state index contributed by atoms with van der Waals surface area (Å²) in [5, 5.41) is 9.01. The maximum Gasteiger partial charge on any atom is 0.330 e. The summed E-state index contributed by atoms with van der Waals surface area (Å²) in [4.78, 5) is 49.1. The second-order valence-corrected chi connectivity index (χ2v) is 11.1. The normalized spacial score (nSPS) is 14.1. The molecule has 1 aliphatic heterocycles. The van der Waals surface area contributed by atoms with E-state index >= 15 is 4.39 Å². The minimum absolute atomic E-state index is 0. The van der Waals surface area contributed by atoms with Gasteiger partial charge >= 0.3 is 5.69 Å². The van der Waals surface area contributed by atoms with E-state index in [1.807, 2.05) is 0 Å². The summed E-state index contributed by atoms with van der Waals surface area (Å²) >= 11 is 13.6. The van der Waals surface area contributed by atoms with E-state index in [9.17, 15) is 19.2 Å². The monoisotopic (exact) mass is 675 g/mol. The Morgan fingerprint density at radius 2 is 1.71 bits per heavy atom. The molecule has 5 rings (SSSR count). The SMILES string of the molecule is COc1cc(-c2cccc(-c3cccc(NC(=O)c4cn(C)c(=O)n(C)c4=O)c3Cl)c2Cl)cc(F)c1CN[C@@H]1CNC(=O)C1.Cl. The second-order valence-electron chi connectivity index (χ2n) is 10.3. The fraction of sp³-hybridized carbons (Fsp3) is 0.226. The molecule has 0 unspecified atom stereocenters. The molecule has 0 bridgehead atoms. The van der Waals surface area contributed by atoms with Crippen LogP contribution in [0.3, 0.4) is 0 Å². The lowest BCUT2D eigenvalue weighted by Gasteiger charge is -2.17. The van der Waals surface area contributed by atoms with Crippen LogP contribution in [0, 0.1) is 5.82 Å². The van der Waals surface area contributed by atoms with E-state index in [0.29, 0.717) is 46.5 Å². The molecule has 2 amide bonds. The van der Waals surface area contributed by atoms with E-state index in [4.69, 9.17) is 27.9 Å². The Hall–Kier alpha value is -4.16. The van der Waals surface area contributed by atoms with E-state index in [2.05, 4.69) is 16.0 Å². The van der Waals surface area contributed by atoms with Crippen molar-refractivity contribution < 1.29 is 18.7 Å². The van der Waals surface area contributed by atoms with E-state index in [1.54, 1.807) is 42.5 Å². The predicted octanol–water partition coefficient (Wildman–Crippen LogP) is 4.52. The van der Waals surface area contributed by atoms with Crippen molar-refractivity contribution in [3.8, 4) is 28.0 Å². The molecule has 1 fully saturated rings. The molecule has 45 heavy (non-hydrogen) atoms. The maximum absolute atomic E-state index is 15.4. The van der Waals surface area contributed by atoms with Crippen LogP contribution in [-0.4, -0.2) is 40.6 Å². The first-order chi connectivity index (χ1) is 21.0. The van der Waals surface area contributed by atoms with Gasteiger partial charge in [0.25, 0.3) is 11.5 Å². The average molecular weight is 677 g/mol. The summed E-state index contributed by atoms with van der Waals surface area (Å²) in [5.41, 5.74) is 0.985. The van der Waals surface area contributed by atoms with Crippen LogP contribution in [0.5, 0.6) is 5.75 Å². The third-order valence-corrected chi connectivity index (χ3v) is 8.27. The molecule has 1 saturated heterocycles. The number of carbonyl (C=O) groups excluding carboxylic acids is 2. The number of aryl methyl sites for hydroxylation is 1. The molecule has 4 aromatic rings. The Morgan fingerprint density at radius 3 is 2.38 bits per heavy atom. The summed E-state index contributed by atoms with van der Waals surface area (Å²) in [6, 6.07) is 13.1. The lowest BCUT2D eigenvalue weighted by molar-refractivity contribution is -0.119. The predicted molar refractivity (Wildman–Crippen MR) is 174 cm³/mol. The molecule has 0 radical (unpaired) electrons. The number of rotatable bonds is 8. The standard InChI is InChI=1S/C31H28Cl2FN5O5.ClH/c1-38-15-22(30(42)39(2)31(38)43)29(41)37-24-9-5-8-20(28(24)33)19-7-4-6-18(27(19)32)16-10-23(34)21(25(11-16)44-3)14-35-17-12-26(40)36-13-17;/h4-11,15,17,35H,12-14H2,1-3H3,(H,36,40)(H,37,41);1H/t17-;/m0./s1. The number of carbonyl (C=O) groups is 2. The first kappa shape index (κ1) is 33.7. The first-order valence-corrected chi connectivity index (χ1v) is 14.3. The highest BCUT2D eigenvalue weighted by Crippen LogP contribution is 2.42. The molecule has 1 aromatic heterocycles. The highest BCUT2D eigenvalue weighted by atomic mass is 35.5. The molecule has 0 aliphatic carbocycles. The highest BCUT2D eigenvalue weighted by Gasteiger charge is 2.23. The van der Waals surface area contributed by atoms with Crippen LogP contribution >= 0.6 is 35.6 Å². The Morgan fingerprint density at radius 1 is 1.04 bits per heavy atom. The smallest absolute Gasteiger partial charge is 0.330 e. The zero-order valence-corrected chi connectivity index (χ0v) is 26.7. The van der Waals surface area contributed by atoms with Crippen LogP contribution in [0.1, 0.15) is 22.3 Å². The van der Waals surface area contributed by atoms with Gasteiger partial charge in [-0.05, 0) is 23.8 Å². The Balaban J connectivity index is 0.00000461. The average Bonchev–Trinajstić information content (AvgIpc) is 3.43. The van der Waals surface area contributed by atoms with Crippen LogP contribution in [0.15, 0.2) is 64.3 Å². The molecular weight excluding hydrogens is 648 g/mol. The van der Waals surface area contributed by atoms with Crippen LogP contribution in [0.4, 0.5) is 10.1 Å². The van der Waals surface area contributed by atoms with Crippen molar-refractivity contribution in [2.24, 2.45) is 14.1 Å². The summed E-state index contributed by atoms with van der Waals surface area (Å²) in [6.45, 7) is 0.643. The van der Waals surface area contributed by atoms with Crippen molar-refractivity contribution >= 4 is 53.1 Å². The third-order valence-electron chi connectivity index (χ3n) is 7.46. The Kier molecular flexibility index (Phi) is 10.4. The number of ether oxygens (including phenoxy) is 1. The first-order valence-electron chi connectivity index (χ1n) is 13.5. The molecule has 2 heterocycles. The number of anilines is 1. The summed E-state index contributed by atoms with van der Waals surface area (Å²) in [7, 11) is 4.17. The van der Waals surface area contributed by atoms with Gasteiger partial charge in [0.05, 0.1) is 22.8 Å². The molecule has 1 aliphatic rings. The fourth-order valence-electron chi connectivity index (χ4n) is 5.07.